The molecule has 1 aromatic carbocycles. The van der Waals surface area contributed by atoms with E-state index in [4.69, 9.17) is 22.1 Å². The van der Waals surface area contributed by atoms with Gasteiger partial charge in [0.05, 0.1) is 25.4 Å². The fourth-order valence-electron chi connectivity index (χ4n) is 1.86. The molecular weight excluding hydrogens is 409 g/mol. The number of aromatic nitrogens is 2. The lowest BCUT2D eigenvalue weighted by molar-refractivity contribution is 0.289. The van der Waals surface area contributed by atoms with Gasteiger partial charge in [-0.05, 0) is 57.8 Å². The van der Waals surface area contributed by atoms with Crippen molar-refractivity contribution in [1.29, 1.82) is 0 Å². The Bertz CT molecular complexity index is 620. The number of hydrogen-bond donors (Lipinski definition) is 1. The summed E-state index contributed by atoms with van der Waals surface area (Å²) in [7, 11) is 0. The minimum Gasteiger partial charge on any atom is -0.485 e. The Morgan fingerprint density at radius 2 is 1.95 bits per heavy atom. The van der Waals surface area contributed by atoms with Crippen molar-refractivity contribution in [3.63, 3.8) is 0 Å². The van der Waals surface area contributed by atoms with Crippen LogP contribution in [0.1, 0.15) is 18.3 Å². The summed E-state index contributed by atoms with van der Waals surface area (Å²) in [6.45, 7) is 4.99. The molecule has 0 unspecified atom stereocenters. The first-order chi connectivity index (χ1) is 9.43. The number of hydrogen-bond acceptors (Lipinski definition) is 3. The summed E-state index contributed by atoms with van der Waals surface area (Å²) in [5.74, 6) is 0.691. The lowest BCUT2D eigenvalue weighted by Crippen LogP contribution is -2.07. The minimum absolute atomic E-state index is 0.342. The number of nitrogen functional groups attached to an aromatic ring is 1. The van der Waals surface area contributed by atoms with Gasteiger partial charge in [0.15, 0.2) is 0 Å². The highest BCUT2D eigenvalue weighted by Gasteiger charge is 2.15. The van der Waals surface area contributed by atoms with Crippen LogP contribution in [-0.4, -0.2) is 9.78 Å². The maximum Gasteiger partial charge on any atom is 0.148 e. The van der Waals surface area contributed by atoms with Gasteiger partial charge < -0.3 is 10.5 Å². The standard InChI is InChI=1S/C13H14Br2ClN3O/c1-3-19-11(12(16)7(2)18-19)6-20-13-9(14)4-8(17)5-10(13)15/h4-5H,3,6,17H2,1-2H3. The first-order valence-corrected chi connectivity index (χ1v) is 7.99. The highest BCUT2D eigenvalue weighted by molar-refractivity contribution is 9.11. The molecular formula is C13H14Br2ClN3O. The van der Waals surface area contributed by atoms with E-state index in [1.54, 1.807) is 12.1 Å². The molecule has 2 aromatic rings. The quantitative estimate of drug-likeness (QED) is 0.734. The Hall–Kier alpha value is -0.720. The Morgan fingerprint density at radius 3 is 2.50 bits per heavy atom. The Morgan fingerprint density at radius 1 is 1.35 bits per heavy atom. The van der Waals surface area contributed by atoms with Crippen molar-refractivity contribution >= 4 is 49.1 Å². The molecule has 0 aliphatic rings. The molecule has 0 atom stereocenters. The first kappa shape index (κ1) is 15.7. The largest absolute Gasteiger partial charge is 0.485 e. The molecule has 0 fully saturated rings. The molecule has 1 aromatic heterocycles. The number of benzene rings is 1. The second-order valence-corrected chi connectivity index (χ2v) is 6.35. The zero-order chi connectivity index (χ0) is 14.9. The van der Waals surface area contributed by atoms with E-state index in [9.17, 15) is 0 Å². The second kappa shape index (κ2) is 6.37. The van der Waals surface area contributed by atoms with Crippen molar-refractivity contribution in [3.8, 4) is 5.75 Å². The zero-order valence-corrected chi connectivity index (χ0v) is 15.0. The van der Waals surface area contributed by atoms with Crippen molar-refractivity contribution < 1.29 is 4.74 Å². The van der Waals surface area contributed by atoms with Crippen molar-refractivity contribution in [1.82, 2.24) is 9.78 Å². The molecule has 2 N–H and O–H groups in total. The second-order valence-electron chi connectivity index (χ2n) is 4.26. The summed E-state index contributed by atoms with van der Waals surface area (Å²) in [5.41, 5.74) is 8.09. The predicted molar refractivity (Wildman–Crippen MR) is 88.2 cm³/mol. The topological polar surface area (TPSA) is 53.1 Å². The monoisotopic (exact) mass is 421 g/mol. The minimum atomic E-state index is 0.342. The molecule has 0 aliphatic carbocycles. The number of rotatable bonds is 4. The van der Waals surface area contributed by atoms with E-state index in [-0.39, 0.29) is 0 Å². The van der Waals surface area contributed by atoms with Gasteiger partial charge in [-0.15, -0.1) is 0 Å². The van der Waals surface area contributed by atoms with Gasteiger partial charge >= 0.3 is 0 Å². The van der Waals surface area contributed by atoms with E-state index in [2.05, 4.69) is 37.0 Å². The molecule has 20 heavy (non-hydrogen) atoms. The van der Waals surface area contributed by atoms with Crippen molar-refractivity contribution in [2.75, 3.05) is 5.73 Å². The lowest BCUT2D eigenvalue weighted by Gasteiger charge is -2.12. The smallest absolute Gasteiger partial charge is 0.148 e. The van der Waals surface area contributed by atoms with Crippen LogP contribution in [0.5, 0.6) is 5.75 Å². The summed E-state index contributed by atoms with van der Waals surface area (Å²) >= 11 is 13.1. The van der Waals surface area contributed by atoms with Crippen LogP contribution in [0.4, 0.5) is 5.69 Å². The van der Waals surface area contributed by atoms with Crippen LogP contribution < -0.4 is 10.5 Å². The van der Waals surface area contributed by atoms with Crippen LogP contribution >= 0.6 is 43.5 Å². The van der Waals surface area contributed by atoms with E-state index in [0.717, 1.165) is 26.9 Å². The third-order valence-electron chi connectivity index (χ3n) is 2.83. The average Bonchev–Trinajstić information content (AvgIpc) is 2.64. The van der Waals surface area contributed by atoms with Crippen LogP contribution in [0.3, 0.4) is 0 Å². The Kier molecular flexibility index (Phi) is 4.99. The molecule has 4 nitrogen and oxygen atoms in total. The maximum absolute atomic E-state index is 6.26. The molecule has 1 heterocycles. The Labute approximate surface area is 139 Å². The van der Waals surface area contributed by atoms with Gasteiger partial charge in [-0.1, -0.05) is 11.6 Å². The van der Waals surface area contributed by atoms with Crippen LogP contribution in [-0.2, 0) is 13.2 Å². The first-order valence-electron chi connectivity index (χ1n) is 6.03. The summed E-state index contributed by atoms with van der Waals surface area (Å²) in [6.07, 6.45) is 0. The van der Waals surface area contributed by atoms with Gasteiger partial charge in [-0.3, -0.25) is 4.68 Å². The number of halogens is 3. The molecule has 7 heteroatoms. The van der Waals surface area contributed by atoms with Crippen molar-refractivity contribution in [2.24, 2.45) is 0 Å². The molecule has 2 rings (SSSR count). The third-order valence-corrected chi connectivity index (χ3v) is 4.50. The molecule has 0 radical (unpaired) electrons. The molecule has 108 valence electrons. The van der Waals surface area contributed by atoms with Crippen LogP contribution in [0.2, 0.25) is 5.02 Å². The van der Waals surface area contributed by atoms with Crippen molar-refractivity contribution in [3.05, 3.63) is 37.5 Å². The third kappa shape index (κ3) is 3.13. The Balaban J connectivity index is 2.26. The van der Waals surface area contributed by atoms with E-state index < -0.39 is 0 Å². The normalized spacial score (nSPS) is 10.8. The average molecular weight is 424 g/mol. The summed E-state index contributed by atoms with van der Waals surface area (Å²) < 4.78 is 9.28. The molecule has 0 bridgehead atoms. The number of nitrogens with zero attached hydrogens (tertiary/aromatic N) is 2. The summed E-state index contributed by atoms with van der Waals surface area (Å²) in [4.78, 5) is 0. The van der Waals surface area contributed by atoms with Gasteiger partial charge in [0.25, 0.3) is 0 Å². The van der Waals surface area contributed by atoms with E-state index in [1.807, 2.05) is 18.5 Å². The SMILES string of the molecule is CCn1nc(C)c(Cl)c1COc1c(Br)cc(N)cc1Br. The number of nitrogens with two attached hydrogens (primary N) is 1. The molecule has 0 aliphatic heterocycles. The highest BCUT2D eigenvalue weighted by atomic mass is 79.9. The van der Waals surface area contributed by atoms with Crippen LogP contribution in [0, 0.1) is 6.92 Å². The fourth-order valence-corrected chi connectivity index (χ4v) is 3.51. The molecule has 0 saturated carbocycles. The molecule has 0 saturated heterocycles. The van der Waals surface area contributed by atoms with E-state index in [0.29, 0.717) is 23.1 Å². The maximum atomic E-state index is 6.26. The number of ether oxygens (including phenoxy) is 1. The van der Waals surface area contributed by atoms with E-state index in [1.165, 1.54) is 0 Å². The number of anilines is 1. The van der Waals surface area contributed by atoms with Gasteiger partial charge in [0.1, 0.15) is 12.4 Å². The zero-order valence-electron chi connectivity index (χ0n) is 11.1. The summed E-state index contributed by atoms with van der Waals surface area (Å²) in [6, 6.07) is 3.59. The summed E-state index contributed by atoms with van der Waals surface area (Å²) in [5, 5.41) is 5.01. The fraction of sp³-hybridized carbons (Fsp3) is 0.308. The van der Waals surface area contributed by atoms with Gasteiger partial charge in [0, 0.05) is 12.2 Å². The number of aryl methyl sites for hydroxylation is 2. The van der Waals surface area contributed by atoms with Gasteiger partial charge in [0.2, 0.25) is 0 Å². The van der Waals surface area contributed by atoms with E-state index >= 15 is 0 Å². The van der Waals surface area contributed by atoms with Crippen LogP contribution in [0.25, 0.3) is 0 Å². The van der Waals surface area contributed by atoms with Crippen LogP contribution in [0.15, 0.2) is 21.1 Å². The lowest BCUT2D eigenvalue weighted by atomic mass is 10.3. The van der Waals surface area contributed by atoms with Crippen molar-refractivity contribution in [2.45, 2.75) is 27.0 Å². The van der Waals surface area contributed by atoms with Gasteiger partial charge in [-0.25, -0.2) is 0 Å². The highest BCUT2D eigenvalue weighted by Crippen LogP contribution is 2.36. The predicted octanol–water partition coefficient (Wildman–Crippen LogP) is 4.55. The van der Waals surface area contributed by atoms with Gasteiger partial charge in [-0.2, -0.15) is 5.10 Å². The molecule has 0 spiro atoms. The molecule has 0 amide bonds.